The van der Waals surface area contributed by atoms with Crippen LogP contribution in [0.2, 0.25) is 5.02 Å². The minimum Gasteiger partial charge on any atom is -0.383 e. The zero-order chi connectivity index (χ0) is 12.0. The van der Waals surface area contributed by atoms with Gasteiger partial charge < -0.3 is 10.1 Å². The second kappa shape index (κ2) is 6.62. The Labute approximate surface area is 99.7 Å². The van der Waals surface area contributed by atoms with Crippen LogP contribution in [0.5, 0.6) is 0 Å². The number of Topliss-reactive ketones (excluding diaryl/α,β-unsaturated/α-hetero) is 1. The van der Waals surface area contributed by atoms with Gasteiger partial charge in [0.15, 0.2) is 5.78 Å². The van der Waals surface area contributed by atoms with E-state index < -0.39 is 0 Å². The van der Waals surface area contributed by atoms with Crippen LogP contribution in [0.3, 0.4) is 0 Å². The minimum atomic E-state index is -0.0551. The molecule has 0 aliphatic heterocycles. The van der Waals surface area contributed by atoms with Gasteiger partial charge in [0.05, 0.1) is 24.4 Å². The van der Waals surface area contributed by atoms with Gasteiger partial charge in [-0.2, -0.15) is 5.10 Å². The molecule has 0 fully saturated rings. The second-order valence-corrected chi connectivity index (χ2v) is 3.66. The molecule has 0 spiro atoms. The van der Waals surface area contributed by atoms with Gasteiger partial charge in [-0.15, -0.1) is 0 Å². The van der Waals surface area contributed by atoms with Crippen LogP contribution in [0.25, 0.3) is 0 Å². The Kier molecular flexibility index (Phi) is 5.45. The first-order chi connectivity index (χ1) is 7.70. The van der Waals surface area contributed by atoms with Crippen molar-refractivity contribution >= 4 is 17.4 Å². The summed E-state index contributed by atoms with van der Waals surface area (Å²) in [4.78, 5) is 11.8. The zero-order valence-electron chi connectivity index (χ0n) is 9.49. The molecule has 0 atom stereocenters. The fourth-order valence-electron chi connectivity index (χ4n) is 1.34. The highest BCUT2D eigenvalue weighted by atomic mass is 35.5. The van der Waals surface area contributed by atoms with E-state index in [0.717, 1.165) is 0 Å². The molecule has 1 aromatic rings. The summed E-state index contributed by atoms with van der Waals surface area (Å²) in [6, 6.07) is 0. The highest BCUT2D eigenvalue weighted by molar-refractivity contribution is 6.33. The van der Waals surface area contributed by atoms with E-state index >= 15 is 0 Å². The number of methoxy groups -OCH3 is 1. The topological polar surface area (TPSA) is 56.2 Å². The Morgan fingerprint density at radius 1 is 1.69 bits per heavy atom. The van der Waals surface area contributed by atoms with E-state index in [2.05, 4.69) is 10.4 Å². The molecule has 0 aromatic carbocycles. The summed E-state index contributed by atoms with van der Waals surface area (Å²) in [5, 5.41) is 7.39. The molecule has 0 saturated carbocycles. The van der Waals surface area contributed by atoms with Crippen molar-refractivity contribution in [3.05, 3.63) is 16.9 Å². The summed E-state index contributed by atoms with van der Waals surface area (Å²) in [6.45, 7) is 4.01. The lowest BCUT2D eigenvalue weighted by atomic mass is 10.3. The molecule has 0 aliphatic rings. The van der Waals surface area contributed by atoms with Gasteiger partial charge in [0, 0.05) is 20.2 Å². The lowest BCUT2D eigenvalue weighted by molar-refractivity contribution is 0.0977. The first-order valence-corrected chi connectivity index (χ1v) is 5.52. The molecule has 1 aromatic heterocycles. The number of hydrogen-bond acceptors (Lipinski definition) is 4. The number of carbonyl (C=O) groups excluding carboxylic acids is 1. The smallest absolute Gasteiger partial charge is 0.196 e. The zero-order valence-corrected chi connectivity index (χ0v) is 10.3. The normalized spacial score (nSPS) is 10.7. The third kappa shape index (κ3) is 3.30. The van der Waals surface area contributed by atoms with Crippen molar-refractivity contribution in [3.63, 3.8) is 0 Å². The Morgan fingerprint density at radius 3 is 3.06 bits per heavy atom. The van der Waals surface area contributed by atoms with E-state index in [0.29, 0.717) is 30.4 Å². The van der Waals surface area contributed by atoms with E-state index in [1.54, 1.807) is 11.8 Å². The van der Waals surface area contributed by atoms with Crippen LogP contribution in [0.15, 0.2) is 6.20 Å². The van der Waals surface area contributed by atoms with Crippen LogP contribution in [-0.4, -0.2) is 42.4 Å². The SMILES string of the molecule is CCn1ncc(Cl)c1C(=O)CNCCOC. The van der Waals surface area contributed by atoms with E-state index in [1.807, 2.05) is 6.92 Å². The van der Waals surface area contributed by atoms with Gasteiger partial charge in [-0.1, -0.05) is 11.6 Å². The van der Waals surface area contributed by atoms with Crippen LogP contribution in [-0.2, 0) is 11.3 Å². The molecule has 6 heteroatoms. The molecule has 0 saturated heterocycles. The minimum absolute atomic E-state index is 0.0551. The molecule has 1 heterocycles. The molecule has 90 valence electrons. The third-order valence-corrected chi connectivity index (χ3v) is 2.40. The Bertz CT molecular complexity index is 352. The fraction of sp³-hybridized carbons (Fsp3) is 0.600. The van der Waals surface area contributed by atoms with Crippen molar-refractivity contribution in [1.82, 2.24) is 15.1 Å². The molecule has 16 heavy (non-hydrogen) atoms. The van der Waals surface area contributed by atoms with Crippen LogP contribution in [0.1, 0.15) is 17.4 Å². The number of hydrogen-bond donors (Lipinski definition) is 1. The molecule has 5 nitrogen and oxygen atoms in total. The van der Waals surface area contributed by atoms with Crippen molar-refractivity contribution in [1.29, 1.82) is 0 Å². The van der Waals surface area contributed by atoms with Crippen LogP contribution < -0.4 is 5.32 Å². The average Bonchev–Trinajstić information content (AvgIpc) is 2.65. The number of ketones is 1. The predicted molar refractivity (Wildman–Crippen MR) is 62.0 cm³/mol. The monoisotopic (exact) mass is 245 g/mol. The molecule has 1 N–H and O–H groups in total. The van der Waals surface area contributed by atoms with Crippen molar-refractivity contribution in [2.24, 2.45) is 0 Å². The molecule has 0 amide bonds. The maximum absolute atomic E-state index is 11.8. The quantitative estimate of drug-likeness (QED) is 0.575. The van der Waals surface area contributed by atoms with Crippen molar-refractivity contribution in [2.75, 3.05) is 26.8 Å². The third-order valence-electron chi connectivity index (χ3n) is 2.13. The number of carbonyl (C=O) groups is 1. The number of rotatable bonds is 7. The van der Waals surface area contributed by atoms with Crippen molar-refractivity contribution in [3.8, 4) is 0 Å². The molecule has 0 radical (unpaired) electrons. The van der Waals surface area contributed by atoms with Gasteiger partial charge in [-0.05, 0) is 6.92 Å². The number of nitrogens with zero attached hydrogens (tertiary/aromatic N) is 2. The predicted octanol–water partition coefficient (Wildman–Crippen LogP) is 0.975. The maximum atomic E-state index is 11.8. The number of halogens is 1. The number of nitrogens with one attached hydrogen (secondary N) is 1. The standard InChI is InChI=1S/C10H16ClN3O2/c1-3-14-10(8(11)6-13-14)9(15)7-12-4-5-16-2/h6,12H,3-5,7H2,1-2H3. The molecule has 1 rings (SSSR count). The lowest BCUT2D eigenvalue weighted by Gasteiger charge is -2.05. The summed E-state index contributed by atoms with van der Waals surface area (Å²) in [6.07, 6.45) is 1.49. The van der Waals surface area contributed by atoms with E-state index in [9.17, 15) is 4.79 Å². The van der Waals surface area contributed by atoms with Crippen molar-refractivity contribution < 1.29 is 9.53 Å². The van der Waals surface area contributed by atoms with Gasteiger partial charge in [-0.3, -0.25) is 9.48 Å². The van der Waals surface area contributed by atoms with Gasteiger partial charge in [0.1, 0.15) is 5.69 Å². The molecular weight excluding hydrogens is 230 g/mol. The first-order valence-electron chi connectivity index (χ1n) is 5.14. The van der Waals surface area contributed by atoms with Gasteiger partial charge in [-0.25, -0.2) is 0 Å². The summed E-state index contributed by atoms with van der Waals surface area (Å²) in [5.41, 5.74) is 0.467. The number of ether oxygens (including phenoxy) is 1. The Balaban J connectivity index is 2.55. The average molecular weight is 246 g/mol. The fourth-order valence-corrected chi connectivity index (χ4v) is 1.59. The van der Waals surface area contributed by atoms with Gasteiger partial charge >= 0.3 is 0 Å². The molecule has 0 aliphatic carbocycles. The highest BCUT2D eigenvalue weighted by Gasteiger charge is 2.15. The molecule has 0 unspecified atom stereocenters. The van der Waals surface area contributed by atoms with Gasteiger partial charge in [0.2, 0.25) is 0 Å². The number of aryl methyl sites for hydroxylation is 1. The summed E-state index contributed by atoms with van der Waals surface area (Å²) < 4.78 is 6.47. The summed E-state index contributed by atoms with van der Waals surface area (Å²) in [5.74, 6) is -0.0551. The van der Waals surface area contributed by atoms with Gasteiger partial charge in [0.25, 0.3) is 0 Å². The van der Waals surface area contributed by atoms with Crippen LogP contribution in [0.4, 0.5) is 0 Å². The van der Waals surface area contributed by atoms with E-state index in [1.165, 1.54) is 6.20 Å². The molecular formula is C10H16ClN3O2. The Hall–Kier alpha value is -0.910. The largest absolute Gasteiger partial charge is 0.383 e. The summed E-state index contributed by atoms with van der Waals surface area (Å²) in [7, 11) is 1.62. The molecule has 0 bridgehead atoms. The van der Waals surface area contributed by atoms with E-state index in [-0.39, 0.29) is 12.3 Å². The summed E-state index contributed by atoms with van der Waals surface area (Å²) >= 11 is 5.90. The second-order valence-electron chi connectivity index (χ2n) is 3.25. The lowest BCUT2D eigenvalue weighted by Crippen LogP contribution is -2.27. The Morgan fingerprint density at radius 2 is 2.44 bits per heavy atom. The van der Waals surface area contributed by atoms with Crippen molar-refractivity contribution in [2.45, 2.75) is 13.5 Å². The first kappa shape index (κ1) is 13.2. The maximum Gasteiger partial charge on any atom is 0.196 e. The highest BCUT2D eigenvalue weighted by Crippen LogP contribution is 2.15. The van der Waals surface area contributed by atoms with Crippen LogP contribution >= 0.6 is 11.6 Å². The van der Waals surface area contributed by atoms with E-state index in [4.69, 9.17) is 16.3 Å². The van der Waals surface area contributed by atoms with Crippen LogP contribution in [0, 0.1) is 0 Å². The number of aromatic nitrogens is 2.